The Balaban J connectivity index is 1.48. The molecule has 0 bridgehead atoms. The summed E-state index contributed by atoms with van der Waals surface area (Å²) in [5, 5.41) is 13.4. The predicted octanol–water partition coefficient (Wildman–Crippen LogP) is 2.65. The second-order valence-corrected chi connectivity index (χ2v) is 11.2. The van der Waals surface area contributed by atoms with Crippen molar-refractivity contribution in [3.63, 3.8) is 0 Å². The van der Waals surface area contributed by atoms with Crippen molar-refractivity contribution in [2.24, 2.45) is 10.9 Å². The first-order valence-electron chi connectivity index (χ1n) is 14.0. The van der Waals surface area contributed by atoms with Gasteiger partial charge in [-0.25, -0.2) is 14.2 Å². The number of esters is 1. The van der Waals surface area contributed by atoms with Crippen LogP contribution in [0.4, 0.5) is 4.39 Å². The zero-order chi connectivity index (χ0) is 30.1. The van der Waals surface area contributed by atoms with Crippen molar-refractivity contribution in [3.8, 4) is 0 Å². The van der Waals surface area contributed by atoms with Gasteiger partial charge in [0.15, 0.2) is 17.3 Å². The van der Waals surface area contributed by atoms with Gasteiger partial charge in [-0.3, -0.25) is 14.7 Å². The fraction of sp³-hybridized carbons (Fsp3) is 0.483. The molecule has 5 rings (SSSR count). The Morgan fingerprint density at radius 1 is 1.29 bits per heavy atom. The molecule has 4 heterocycles. The third kappa shape index (κ3) is 5.75. The average Bonchev–Trinajstić information content (AvgIpc) is 3.52. The highest BCUT2D eigenvalue weighted by atomic mass is 32.1. The Kier molecular flexibility index (Phi) is 8.60. The molecule has 0 aliphatic carbocycles. The van der Waals surface area contributed by atoms with Gasteiger partial charge in [0, 0.05) is 45.0 Å². The molecule has 42 heavy (non-hydrogen) atoms. The minimum Gasteiger partial charge on any atom is -0.481 e. The topological polar surface area (TPSA) is 124 Å². The Labute approximate surface area is 249 Å². The third-order valence-electron chi connectivity index (χ3n) is 8.01. The van der Waals surface area contributed by atoms with Crippen LogP contribution in [0.2, 0.25) is 0 Å². The molecule has 1 aromatic carbocycles. The maximum atomic E-state index is 14.7. The molecule has 3 aliphatic rings. The second-order valence-electron chi connectivity index (χ2n) is 10.8. The van der Waals surface area contributed by atoms with Gasteiger partial charge in [0.2, 0.25) is 0 Å². The number of aryl methyl sites for hydroxylation is 1. The van der Waals surface area contributed by atoms with E-state index in [4.69, 9.17) is 26.4 Å². The molecule has 0 radical (unpaired) electrons. The van der Waals surface area contributed by atoms with Crippen LogP contribution < -0.4 is 5.32 Å². The number of aliphatic carboxylic acids is 1. The molecule has 1 unspecified atom stereocenters. The lowest BCUT2D eigenvalue weighted by Crippen LogP contribution is -2.53. The first kappa shape index (κ1) is 29.6. The monoisotopic (exact) mass is 598 g/mol. The van der Waals surface area contributed by atoms with E-state index in [1.165, 1.54) is 12.5 Å². The summed E-state index contributed by atoms with van der Waals surface area (Å²) < 4.78 is 25.7. The summed E-state index contributed by atoms with van der Waals surface area (Å²) in [7, 11) is 0. The van der Waals surface area contributed by atoms with E-state index in [-0.39, 0.29) is 18.5 Å². The summed E-state index contributed by atoms with van der Waals surface area (Å²) in [5.41, 5.74) is 2.37. The molecular formula is C29H35FN6O5S. The SMILES string of the molecule is CCOC(=O)C1=C(CN2CCN3C(=S)N(C[C@H](C)C(=O)O)C[C@@H]3C2)NC(c2ncoc2C)=NC1c1cccc(F)c1C. The molecule has 3 atom stereocenters. The molecule has 224 valence electrons. The highest BCUT2D eigenvalue weighted by molar-refractivity contribution is 7.80. The smallest absolute Gasteiger partial charge is 0.338 e. The predicted molar refractivity (Wildman–Crippen MR) is 156 cm³/mol. The van der Waals surface area contributed by atoms with Crippen molar-refractivity contribution in [1.29, 1.82) is 0 Å². The standard InChI is InChI=1S/C29H35FN6O5S/c1-5-40-28(39)23-22(14-34-9-10-36-19(12-34)13-35(29(36)42)11-16(2)27(37)38)32-26(24-18(4)41-15-31-24)33-25(23)20-7-6-8-21(30)17(20)3/h6-8,15-16,19,25H,5,9-14H2,1-4H3,(H,32,33)(H,37,38)/t16-,19-,25?/m0/s1. The maximum absolute atomic E-state index is 14.7. The molecule has 1 aromatic heterocycles. The Morgan fingerprint density at radius 2 is 2.07 bits per heavy atom. The number of halogens is 1. The van der Waals surface area contributed by atoms with E-state index in [1.807, 2.05) is 4.90 Å². The number of oxazole rings is 1. The Bertz CT molecular complexity index is 1460. The van der Waals surface area contributed by atoms with E-state index in [2.05, 4.69) is 20.1 Å². The van der Waals surface area contributed by atoms with E-state index in [9.17, 15) is 19.1 Å². The van der Waals surface area contributed by atoms with E-state index < -0.39 is 23.9 Å². The maximum Gasteiger partial charge on any atom is 0.338 e. The van der Waals surface area contributed by atoms with Crippen molar-refractivity contribution in [1.82, 2.24) is 25.0 Å². The summed E-state index contributed by atoms with van der Waals surface area (Å²) in [5.74, 6) is -1.33. The van der Waals surface area contributed by atoms with Crippen molar-refractivity contribution in [2.45, 2.75) is 39.8 Å². The first-order valence-corrected chi connectivity index (χ1v) is 14.4. The first-order chi connectivity index (χ1) is 20.1. The summed E-state index contributed by atoms with van der Waals surface area (Å²) in [6.45, 7) is 10.4. The van der Waals surface area contributed by atoms with Crippen LogP contribution in [0.15, 0.2) is 45.3 Å². The van der Waals surface area contributed by atoms with Gasteiger partial charge in [-0.05, 0) is 50.2 Å². The molecule has 3 aliphatic heterocycles. The number of carboxylic acids is 1. The minimum atomic E-state index is -0.853. The van der Waals surface area contributed by atoms with E-state index in [0.717, 1.165) is 0 Å². The molecule has 2 saturated heterocycles. The number of thiocarbonyl (C=S) groups is 1. The Hall–Kier alpha value is -3.84. The van der Waals surface area contributed by atoms with Gasteiger partial charge in [0.1, 0.15) is 23.3 Å². The fourth-order valence-electron chi connectivity index (χ4n) is 5.74. The van der Waals surface area contributed by atoms with Crippen LogP contribution in [0, 0.1) is 25.6 Å². The van der Waals surface area contributed by atoms with Crippen LogP contribution in [0.3, 0.4) is 0 Å². The normalized spacial score (nSPS) is 21.6. The van der Waals surface area contributed by atoms with E-state index in [0.29, 0.717) is 84.1 Å². The van der Waals surface area contributed by atoms with E-state index in [1.54, 1.807) is 39.8 Å². The van der Waals surface area contributed by atoms with Gasteiger partial charge in [-0.15, -0.1) is 0 Å². The van der Waals surface area contributed by atoms with Gasteiger partial charge in [0.05, 0.1) is 24.1 Å². The summed E-state index contributed by atoms with van der Waals surface area (Å²) >= 11 is 5.69. The lowest BCUT2D eigenvalue weighted by atomic mass is 9.91. The number of hydrogen-bond acceptors (Lipinski definition) is 9. The van der Waals surface area contributed by atoms with Gasteiger partial charge < -0.3 is 29.4 Å². The summed E-state index contributed by atoms with van der Waals surface area (Å²) in [6, 6.07) is 4.02. The summed E-state index contributed by atoms with van der Waals surface area (Å²) in [4.78, 5) is 40.5. The van der Waals surface area contributed by atoms with Crippen LogP contribution >= 0.6 is 12.2 Å². The van der Waals surface area contributed by atoms with Crippen molar-refractivity contribution < 1.29 is 28.2 Å². The number of amidine groups is 1. The van der Waals surface area contributed by atoms with Crippen molar-refractivity contribution >= 4 is 35.1 Å². The molecule has 13 heteroatoms. The van der Waals surface area contributed by atoms with Crippen LogP contribution in [0.1, 0.15) is 42.5 Å². The molecule has 2 N–H and O–H groups in total. The number of piperazine rings is 1. The highest BCUT2D eigenvalue weighted by Gasteiger charge is 2.40. The van der Waals surface area contributed by atoms with Crippen molar-refractivity contribution in [3.05, 3.63) is 64.3 Å². The number of aromatic nitrogens is 1. The zero-order valence-electron chi connectivity index (χ0n) is 24.1. The Morgan fingerprint density at radius 3 is 2.76 bits per heavy atom. The largest absolute Gasteiger partial charge is 0.481 e. The fourth-order valence-corrected chi connectivity index (χ4v) is 6.13. The number of hydrogen-bond donors (Lipinski definition) is 2. The average molecular weight is 599 g/mol. The summed E-state index contributed by atoms with van der Waals surface area (Å²) in [6.07, 6.45) is 1.33. The second kappa shape index (κ2) is 12.2. The molecular weight excluding hydrogens is 563 g/mol. The highest BCUT2D eigenvalue weighted by Crippen LogP contribution is 2.35. The number of carbonyl (C=O) groups is 2. The van der Waals surface area contributed by atoms with Crippen LogP contribution in [-0.4, -0.2) is 99.6 Å². The quantitative estimate of drug-likeness (QED) is 0.327. The van der Waals surface area contributed by atoms with Gasteiger partial charge in [-0.2, -0.15) is 0 Å². The van der Waals surface area contributed by atoms with Gasteiger partial charge >= 0.3 is 11.9 Å². The molecule has 0 saturated carbocycles. The number of nitrogens with one attached hydrogen (secondary N) is 1. The number of ether oxygens (including phenoxy) is 1. The van der Waals surface area contributed by atoms with Crippen LogP contribution in [0.5, 0.6) is 0 Å². The van der Waals surface area contributed by atoms with Crippen molar-refractivity contribution in [2.75, 3.05) is 45.9 Å². The molecule has 0 spiro atoms. The number of fused-ring (bicyclic) bond motifs is 1. The number of carboxylic acid groups (broad SMARTS) is 1. The van der Waals surface area contributed by atoms with E-state index >= 15 is 0 Å². The molecule has 0 amide bonds. The van der Waals surface area contributed by atoms with Gasteiger partial charge in [-0.1, -0.05) is 19.1 Å². The van der Waals surface area contributed by atoms with Gasteiger partial charge in [0.25, 0.3) is 0 Å². The molecule has 2 fully saturated rings. The van der Waals surface area contributed by atoms with Crippen LogP contribution in [0.25, 0.3) is 0 Å². The zero-order valence-corrected chi connectivity index (χ0v) is 24.9. The molecule has 11 nitrogen and oxygen atoms in total. The lowest BCUT2D eigenvalue weighted by Gasteiger charge is -2.39. The number of carbonyl (C=O) groups excluding carboxylic acids is 1. The number of nitrogens with zero attached hydrogens (tertiary/aromatic N) is 5. The lowest BCUT2D eigenvalue weighted by molar-refractivity contribution is -0.141. The van der Waals surface area contributed by atoms with Crippen LogP contribution in [-0.2, 0) is 14.3 Å². The number of benzene rings is 1. The number of rotatable bonds is 9. The minimum absolute atomic E-state index is 0.0784. The molecule has 2 aromatic rings. The third-order valence-corrected chi connectivity index (χ3v) is 8.50. The number of aliphatic imine (C=N–C) groups is 1.